The van der Waals surface area contributed by atoms with Gasteiger partial charge in [-0.1, -0.05) is 6.07 Å². The zero-order chi connectivity index (χ0) is 19.9. The zero-order valence-electron chi connectivity index (χ0n) is 16.3. The maximum absolute atomic E-state index is 12.5. The molecule has 7 heteroatoms. The van der Waals surface area contributed by atoms with Crippen LogP contribution < -0.4 is 14.8 Å². The Kier molecular flexibility index (Phi) is 6.71. The first-order valence-corrected chi connectivity index (χ1v) is 10.1. The lowest BCUT2D eigenvalue weighted by atomic mass is 10.1. The Balaban J connectivity index is 1.60. The Labute approximate surface area is 168 Å². The summed E-state index contributed by atoms with van der Waals surface area (Å²) in [5, 5.41) is 3.65. The summed E-state index contributed by atoms with van der Waals surface area (Å²) >= 11 is 1.45. The van der Waals surface area contributed by atoms with Crippen LogP contribution in [0.5, 0.6) is 11.5 Å². The van der Waals surface area contributed by atoms with Gasteiger partial charge in [0.15, 0.2) is 22.3 Å². The van der Waals surface area contributed by atoms with Crippen LogP contribution in [0.1, 0.15) is 34.8 Å². The number of nitrogens with zero attached hydrogens (tertiary/aromatic N) is 1. The van der Waals surface area contributed by atoms with Gasteiger partial charge in [0.1, 0.15) is 5.69 Å². The summed E-state index contributed by atoms with van der Waals surface area (Å²) < 4.78 is 16.6. The molecule has 1 aromatic carbocycles. The number of carbonyl (C=O) groups excluding carboxylic acids is 1. The molecule has 0 unspecified atom stereocenters. The highest BCUT2D eigenvalue weighted by Crippen LogP contribution is 2.29. The highest BCUT2D eigenvalue weighted by Gasteiger charge is 2.17. The number of aromatic nitrogens is 1. The molecule has 3 rings (SSSR count). The molecule has 3 aromatic rings. The molecule has 1 amide bonds. The van der Waals surface area contributed by atoms with Crippen molar-refractivity contribution in [1.29, 1.82) is 0 Å². The number of hydrogen-bond acceptors (Lipinski definition) is 6. The topological polar surface area (TPSA) is 73.6 Å². The molecular formula is C21H24N2O4S. The number of rotatable bonds is 9. The molecular weight excluding hydrogens is 376 g/mol. The van der Waals surface area contributed by atoms with Gasteiger partial charge >= 0.3 is 0 Å². The molecule has 0 aliphatic rings. The average Bonchev–Trinajstić information content (AvgIpc) is 3.33. The molecule has 2 aromatic heterocycles. The van der Waals surface area contributed by atoms with Crippen molar-refractivity contribution < 1.29 is 18.7 Å². The standard InChI is InChI=1S/C21H24N2O4S/c1-4-25-16-9-8-15(13-18(16)26-5-2)10-11-22-20(24)19-14(3)28-21(23-19)17-7-6-12-27-17/h6-9,12-13H,4-5,10-11H2,1-3H3,(H,22,24). The van der Waals surface area contributed by atoms with Gasteiger partial charge in [0, 0.05) is 11.4 Å². The van der Waals surface area contributed by atoms with E-state index in [0.717, 1.165) is 21.9 Å². The van der Waals surface area contributed by atoms with Gasteiger partial charge in [0.25, 0.3) is 5.91 Å². The second-order valence-electron chi connectivity index (χ2n) is 6.05. The second-order valence-corrected chi connectivity index (χ2v) is 7.26. The lowest BCUT2D eigenvalue weighted by Gasteiger charge is -2.12. The fourth-order valence-electron chi connectivity index (χ4n) is 2.77. The quantitative estimate of drug-likeness (QED) is 0.573. The molecule has 0 aliphatic carbocycles. The van der Waals surface area contributed by atoms with E-state index in [4.69, 9.17) is 13.9 Å². The Hall–Kier alpha value is -2.80. The highest BCUT2D eigenvalue weighted by molar-refractivity contribution is 7.15. The maximum atomic E-state index is 12.5. The van der Waals surface area contributed by atoms with E-state index in [1.54, 1.807) is 12.3 Å². The van der Waals surface area contributed by atoms with Gasteiger partial charge in [0.2, 0.25) is 0 Å². The van der Waals surface area contributed by atoms with Gasteiger partial charge in [0.05, 0.1) is 19.5 Å². The molecule has 0 saturated carbocycles. The van der Waals surface area contributed by atoms with E-state index < -0.39 is 0 Å². The number of aryl methyl sites for hydroxylation is 1. The van der Waals surface area contributed by atoms with Crippen LogP contribution in [0.4, 0.5) is 0 Å². The molecule has 0 spiro atoms. The molecule has 0 atom stereocenters. The van der Waals surface area contributed by atoms with E-state index in [1.165, 1.54) is 11.3 Å². The summed E-state index contributed by atoms with van der Waals surface area (Å²) in [6.45, 7) is 7.43. The molecule has 0 radical (unpaired) electrons. The number of amides is 1. The minimum Gasteiger partial charge on any atom is -0.490 e. The van der Waals surface area contributed by atoms with E-state index in [0.29, 0.717) is 42.6 Å². The molecule has 2 heterocycles. The Morgan fingerprint density at radius 2 is 1.96 bits per heavy atom. The molecule has 1 N–H and O–H groups in total. The van der Waals surface area contributed by atoms with Gasteiger partial charge in [-0.25, -0.2) is 4.98 Å². The van der Waals surface area contributed by atoms with Crippen LogP contribution in [0.15, 0.2) is 41.0 Å². The first kappa shape index (κ1) is 19.9. The van der Waals surface area contributed by atoms with Crippen LogP contribution in [-0.2, 0) is 6.42 Å². The minimum atomic E-state index is -0.178. The summed E-state index contributed by atoms with van der Waals surface area (Å²) in [5.74, 6) is 1.96. The van der Waals surface area contributed by atoms with Crippen molar-refractivity contribution in [2.75, 3.05) is 19.8 Å². The Bertz CT molecular complexity index is 919. The Morgan fingerprint density at radius 1 is 1.18 bits per heavy atom. The lowest BCUT2D eigenvalue weighted by molar-refractivity contribution is 0.0949. The van der Waals surface area contributed by atoms with Crippen LogP contribution in [0, 0.1) is 6.92 Å². The van der Waals surface area contributed by atoms with Crippen molar-refractivity contribution in [3.8, 4) is 22.3 Å². The van der Waals surface area contributed by atoms with Crippen molar-refractivity contribution in [2.24, 2.45) is 0 Å². The van der Waals surface area contributed by atoms with Crippen molar-refractivity contribution in [3.63, 3.8) is 0 Å². The first-order chi connectivity index (χ1) is 13.6. The van der Waals surface area contributed by atoms with Gasteiger partial charge in [-0.3, -0.25) is 4.79 Å². The van der Waals surface area contributed by atoms with E-state index in [1.807, 2.05) is 45.0 Å². The lowest BCUT2D eigenvalue weighted by Crippen LogP contribution is -2.26. The van der Waals surface area contributed by atoms with Crippen molar-refractivity contribution in [2.45, 2.75) is 27.2 Å². The van der Waals surface area contributed by atoms with Crippen LogP contribution in [0.25, 0.3) is 10.8 Å². The molecule has 0 fully saturated rings. The largest absolute Gasteiger partial charge is 0.490 e. The highest BCUT2D eigenvalue weighted by atomic mass is 32.1. The third kappa shape index (κ3) is 4.72. The number of thiazole rings is 1. The summed E-state index contributed by atoms with van der Waals surface area (Å²) in [6.07, 6.45) is 2.28. The predicted molar refractivity (Wildman–Crippen MR) is 109 cm³/mol. The van der Waals surface area contributed by atoms with E-state index in [-0.39, 0.29) is 5.91 Å². The van der Waals surface area contributed by atoms with Crippen LogP contribution in [0.3, 0.4) is 0 Å². The number of hydrogen-bond donors (Lipinski definition) is 1. The fourth-order valence-corrected chi connectivity index (χ4v) is 3.65. The zero-order valence-corrected chi connectivity index (χ0v) is 17.1. The number of ether oxygens (including phenoxy) is 2. The van der Waals surface area contributed by atoms with E-state index in [9.17, 15) is 4.79 Å². The molecule has 0 bridgehead atoms. The summed E-state index contributed by atoms with van der Waals surface area (Å²) in [5.41, 5.74) is 1.51. The summed E-state index contributed by atoms with van der Waals surface area (Å²) in [4.78, 5) is 17.8. The smallest absolute Gasteiger partial charge is 0.271 e. The number of nitrogens with one attached hydrogen (secondary N) is 1. The van der Waals surface area contributed by atoms with Crippen molar-refractivity contribution in [1.82, 2.24) is 10.3 Å². The van der Waals surface area contributed by atoms with Crippen LogP contribution in [-0.4, -0.2) is 30.6 Å². The summed E-state index contributed by atoms with van der Waals surface area (Å²) in [7, 11) is 0. The normalized spacial score (nSPS) is 10.7. The molecule has 148 valence electrons. The number of carbonyl (C=O) groups is 1. The molecule has 0 saturated heterocycles. The maximum Gasteiger partial charge on any atom is 0.271 e. The van der Waals surface area contributed by atoms with Crippen LogP contribution in [0.2, 0.25) is 0 Å². The monoisotopic (exact) mass is 400 g/mol. The third-order valence-corrected chi connectivity index (χ3v) is 5.04. The molecule has 28 heavy (non-hydrogen) atoms. The van der Waals surface area contributed by atoms with Gasteiger partial charge in [-0.05, 0) is 57.0 Å². The Morgan fingerprint density at radius 3 is 2.68 bits per heavy atom. The van der Waals surface area contributed by atoms with E-state index in [2.05, 4.69) is 10.3 Å². The average molecular weight is 401 g/mol. The van der Waals surface area contributed by atoms with Gasteiger partial charge in [-0.2, -0.15) is 0 Å². The predicted octanol–water partition coefficient (Wildman–Crippen LogP) is 4.48. The third-order valence-electron chi connectivity index (χ3n) is 4.05. The fraction of sp³-hybridized carbons (Fsp3) is 0.333. The van der Waals surface area contributed by atoms with Gasteiger partial charge in [-0.15, -0.1) is 11.3 Å². The second kappa shape index (κ2) is 9.41. The number of furan rings is 1. The number of benzene rings is 1. The SMILES string of the molecule is CCOc1ccc(CCNC(=O)c2nc(-c3ccco3)sc2C)cc1OCC. The van der Waals surface area contributed by atoms with Crippen molar-refractivity contribution in [3.05, 3.63) is 52.7 Å². The minimum absolute atomic E-state index is 0.178. The molecule has 6 nitrogen and oxygen atoms in total. The summed E-state index contributed by atoms with van der Waals surface area (Å²) in [6, 6.07) is 9.50. The van der Waals surface area contributed by atoms with Crippen LogP contribution >= 0.6 is 11.3 Å². The molecule has 0 aliphatic heterocycles. The van der Waals surface area contributed by atoms with Crippen molar-refractivity contribution >= 4 is 17.2 Å². The van der Waals surface area contributed by atoms with E-state index >= 15 is 0 Å². The van der Waals surface area contributed by atoms with Gasteiger partial charge < -0.3 is 19.2 Å². The first-order valence-electron chi connectivity index (χ1n) is 9.30.